The summed E-state index contributed by atoms with van der Waals surface area (Å²) in [4.78, 5) is 4.80. The Kier molecular flexibility index (Phi) is 13.5. The number of aromatic nitrogens is 1. The van der Waals surface area contributed by atoms with Crippen LogP contribution in [0.1, 0.15) is 64.2 Å². The number of anilines is 1. The SMILES string of the molecule is Cl.Cl.NCCCCCCCCCCCCNc1c2ccccc2nc2ccccc12. The van der Waals surface area contributed by atoms with Gasteiger partial charge in [0, 0.05) is 17.3 Å². The summed E-state index contributed by atoms with van der Waals surface area (Å²) in [7, 11) is 0. The largest absolute Gasteiger partial charge is 0.384 e. The molecule has 30 heavy (non-hydrogen) atoms. The van der Waals surface area contributed by atoms with Crippen molar-refractivity contribution < 1.29 is 0 Å². The predicted molar refractivity (Wildman–Crippen MR) is 137 cm³/mol. The Balaban J connectivity index is 0.00000225. The maximum Gasteiger partial charge on any atom is 0.0730 e. The number of pyridine rings is 1. The van der Waals surface area contributed by atoms with Crippen molar-refractivity contribution in [2.75, 3.05) is 18.4 Å². The lowest BCUT2D eigenvalue weighted by Gasteiger charge is -2.13. The fraction of sp³-hybridized carbons (Fsp3) is 0.480. The van der Waals surface area contributed by atoms with Gasteiger partial charge in [0.15, 0.2) is 0 Å². The van der Waals surface area contributed by atoms with Gasteiger partial charge in [0.05, 0.1) is 16.7 Å². The number of halogens is 2. The second-order valence-corrected chi connectivity index (χ2v) is 7.77. The molecule has 0 saturated heterocycles. The number of fused-ring (bicyclic) bond motifs is 2. The fourth-order valence-corrected chi connectivity index (χ4v) is 3.93. The van der Waals surface area contributed by atoms with E-state index in [0.717, 1.165) is 24.1 Å². The molecule has 1 heterocycles. The number of nitrogens with zero attached hydrogens (tertiary/aromatic N) is 1. The van der Waals surface area contributed by atoms with Gasteiger partial charge in [-0.15, -0.1) is 24.8 Å². The first-order chi connectivity index (χ1) is 13.9. The third-order valence-electron chi connectivity index (χ3n) is 5.52. The Labute approximate surface area is 194 Å². The molecule has 0 aliphatic rings. The summed E-state index contributed by atoms with van der Waals surface area (Å²) in [6.07, 6.45) is 13.3. The minimum atomic E-state index is 0. The molecule has 0 saturated carbocycles. The second kappa shape index (κ2) is 15.3. The summed E-state index contributed by atoms with van der Waals surface area (Å²) in [5.41, 5.74) is 8.90. The number of benzene rings is 2. The van der Waals surface area contributed by atoms with Gasteiger partial charge in [0.25, 0.3) is 0 Å². The number of hydrogen-bond donors (Lipinski definition) is 2. The number of nitrogens with one attached hydrogen (secondary N) is 1. The van der Waals surface area contributed by atoms with Crippen molar-refractivity contribution in [1.29, 1.82) is 0 Å². The Morgan fingerprint density at radius 3 is 1.53 bits per heavy atom. The normalized spacial score (nSPS) is 10.6. The van der Waals surface area contributed by atoms with Crippen molar-refractivity contribution in [2.45, 2.75) is 64.2 Å². The van der Waals surface area contributed by atoms with Crippen molar-refractivity contribution >= 4 is 52.3 Å². The topological polar surface area (TPSA) is 50.9 Å². The van der Waals surface area contributed by atoms with Gasteiger partial charge in [-0.05, 0) is 31.5 Å². The van der Waals surface area contributed by atoms with Crippen LogP contribution in [0.4, 0.5) is 5.69 Å². The van der Waals surface area contributed by atoms with Crippen LogP contribution in [0.25, 0.3) is 21.8 Å². The van der Waals surface area contributed by atoms with Crippen LogP contribution in [0.3, 0.4) is 0 Å². The summed E-state index contributed by atoms with van der Waals surface area (Å²) in [5, 5.41) is 6.15. The zero-order chi connectivity index (χ0) is 19.4. The minimum Gasteiger partial charge on any atom is -0.384 e. The molecule has 166 valence electrons. The number of para-hydroxylation sites is 2. The van der Waals surface area contributed by atoms with E-state index < -0.39 is 0 Å². The molecule has 1 aromatic heterocycles. The molecule has 0 radical (unpaired) electrons. The number of rotatable bonds is 13. The third kappa shape index (κ3) is 7.94. The van der Waals surface area contributed by atoms with E-state index in [-0.39, 0.29) is 24.8 Å². The monoisotopic (exact) mass is 449 g/mol. The first-order valence-electron chi connectivity index (χ1n) is 11.1. The molecule has 2 aromatic carbocycles. The molecule has 0 spiro atoms. The van der Waals surface area contributed by atoms with E-state index in [4.69, 9.17) is 10.7 Å². The molecule has 3 N–H and O–H groups in total. The molecule has 0 atom stereocenters. The lowest BCUT2D eigenvalue weighted by molar-refractivity contribution is 0.556. The van der Waals surface area contributed by atoms with Gasteiger partial charge >= 0.3 is 0 Å². The quantitative estimate of drug-likeness (QED) is 0.209. The third-order valence-corrected chi connectivity index (χ3v) is 5.52. The first-order valence-corrected chi connectivity index (χ1v) is 11.1. The Hall–Kier alpha value is -1.55. The summed E-state index contributed by atoms with van der Waals surface area (Å²) in [6.45, 7) is 1.87. The van der Waals surface area contributed by atoms with Gasteiger partial charge in [-0.25, -0.2) is 4.98 Å². The molecule has 0 aliphatic heterocycles. The lowest BCUT2D eigenvalue weighted by atomic mass is 10.1. The zero-order valence-corrected chi connectivity index (χ0v) is 19.6. The average molecular weight is 450 g/mol. The van der Waals surface area contributed by atoms with Gasteiger partial charge in [0.1, 0.15) is 0 Å². The highest BCUT2D eigenvalue weighted by Crippen LogP contribution is 2.30. The second-order valence-electron chi connectivity index (χ2n) is 7.77. The average Bonchev–Trinajstić information content (AvgIpc) is 2.73. The van der Waals surface area contributed by atoms with Crippen molar-refractivity contribution in [2.24, 2.45) is 5.73 Å². The van der Waals surface area contributed by atoms with Crippen molar-refractivity contribution in [3.63, 3.8) is 0 Å². The van der Waals surface area contributed by atoms with Gasteiger partial charge in [-0.2, -0.15) is 0 Å². The van der Waals surface area contributed by atoms with E-state index in [2.05, 4.69) is 53.8 Å². The molecule has 0 unspecified atom stereocenters. The number of hydrogen-bond acceptors (Lipinski definition) is 3. The van der Waals surface area contributed by atoms with Crippen molar-refractivity contribution in [3.8, 4) is 0 Å². The highest BCUT2D eigenvalue weighted by molar-refractivity contribution is 6.07. The summed E-state index contributed by atoms with van der Waals surface area (Å²) in [5.74, 6) is 0. The molecule has 3 nitrogen and oxygen atoms in total. The molecule has 0 aliphatic carbocycles. The van der Waals surface area contributed by atoms with Gasteiger partial charge in [-0.1, -0.05) is 87.8 Å². The Morgan fingerprint density at radius 1 is 0.600 bits per heavy atom. The molecule has 5 heteroatoms. The molecular weight excluding hydrogens is 413 g/mol. The summed E-state index contributed by atoms with van der Waals surface area (Å²) < 4.78 is 0. The molecule has 0 bridgehead atoms. The van der Waals surface area contributed by atoms with E-state index in [1.165, 1.54) is 80.7 Å². The maximum atomic E-state index is 5.53. The van der Waals surface area contributed by atoms with E-state index in [9.17, 15) is 0 Å². The highest BCUT2D eigenvalue weighted by atomic mass is 35.5. The Morgan fingerprint density at radius 2 is 1.03 bits per heavy atom. The van der Waals surface area contributed by atoms with Gasteiger partial charge < -0.3 is 11.1 Å². The van der Waals surface area contributed by atoms with Crippen LogP contribution in [0.2, 0.25) is 0 Å². The molecule has 0 fully saturated rings. The lowest BCUT2D eigenvalue weighted by Crippen LogP contribution is -2.03. The minimum absolute atomic E-state index is 0. The van der Waals surface area contributed by atoms with E-state index >= 15 is 0 Å². The summed E-state index contributed by atoms with van der Waals surface area (Å²) >= 11 is 0. The fourth-order valence-electron chi connectivity index (χ4n) is 3.93. The summed E-state index contributed by atoms with van der Waals surface area (Å²) in [6, 6.07) is 16.9. The number of nitrogens with two attached hydrogens (primary N) is 1. The van der Waals surface area contributed by atoms with Crippen LogP contribution in [-0.4, -0.2) is 18.1 Å². The predicted octanol–water partition coefficient (Wildman–Crippen LogP) is 7.50. The van der Waals surface area contributed by atoms with Gasteiger partial charge in [-0.3, -0.25) is 0 Å². The van der Waals surface area contributed by atoms with Crippen LogP contribution < -0.4 is 11.1 Å². The van der Waals surface area contributed by atoms with Crippen molar-refractivity contribution in [1.82, 2.24) is 4.98 Å². The van der Waals surface area contributed by atoms with Crippen LogP contribution >= 0.6 is 24.8 Å². The van der Waals surface area contributed by atoms with Crippen LogP contribution in [0.15, 0.2) is 48.5 Å². The Bertz CT molecular complexity index is 800. The molecule has 3 rings (SSSR count). The van der Waals surface area contributed by atoms with Gasteiger partial charge in [0.2, 0.25) is 0 Å². The highest BCUT2D eigenvalue weighted by Gasteiger charge is 2.07. The van der Waals surface area contributed by atoms with E-state index in [1.807, 2.05) is 0 Å². The molecule has 3 aromatic rings. The maximum absolute atomic E-state index is 5.53. The van der Waals surface area contributed by atoms with Crippen LogP contribution in [-0.2, 0) is 0 Å². The number of unbranched alkanes of at least 4 members (excludes halogenated alkanes) is 9. The zero-order valence-electron chi connectivity index (χ0n) is 17.9. The smallest absolute Gasteiger partial charge is 0.0730 e. The molecule has 0 amide bonds. The first kappa shape index (κ1) is 26.5. The van der Waals surface area contributed by atoms with Crippen LogP contribution in [0.5, 0.6) is 0 Å². The van der Waals surface area contributed by atoms with E-state index in [1.54, 1.807) is 0 Å². The van der Waals surface area contributed by atoms with Crippen molar-refractivity contribution in [3.05, 3.63) is 48.5 Å². The van der Waals surface area contributed by atoms with Crippen LogP contribution in [0, 0.1) is 0 Å². The standard InChI is InChI=1S/C25H35N3.2ClH/c26-19-13-7-5-3-1-2-4-6-8-14-20-27-25-21-15-9-11-17-23(21)28-24-18-12-10-16-22(24)25;;/h9-12,15-18H,1-8,13-14,19-20,26H2,(H,27,28);2*1H. The molecular formula is C25H37Cl2N3. The van der Waals surface area contributed by atoms with E-state index in [0.29, 0.717) is 0 Å².